The third kappa shape index (κ3) is 4.26. The fourth-order valence-electron chi connectivity index (χ4n) is 3.65. The van der Waals surface area contributed by atoms with E-state index < -0.39 is 0 Å². The highest BCUT2D eigenvalue weighted by atomic mass is 35.5. The van der Waals surface area contributed by atoms with Gasteiger partial charge in [-0.2, -0.15) is 5.10 Å². The van der Waals surface area contributed by atoms with Gasteiger partial charge < -0.3 is 10.6 Å². The number of aromatic nitrogens is 2. The Balaban J connectivity index is 0.00000225. The number of nitrogens with one attached hydrogen (secondary N) is 2. The largest absolute Gasteiger partial charge is 0.350 e. The molecule has 0 radical (unpaired) electrons. The Morgan fingerprint density at radius 3 is 2.75 bits per heavy atom. The molecule has 2 aromatic carbocycles. The van der Waals surface area contributed by atoms with Crippen LogP contribution in [-0.2, 0) is 13.0 Å². The molecule has 1 atom stereocenters. The van der Waals surface area contributed by atoms with Crippen molar-refractivity contribution >= 4 is 18.3 Å². The lowest BCUT2D eigenvalue weighted by atomic mass is 9.94. The highest BCUT2D eigenvalue weighted by Gasteiger charge is 2.21. The van der Waals surface area contributed by atoms with E-state index in [0.29, 0.717) is 18.7 Å². The van der Waals surface area contributed by atoms with E-state index in [0.717, 1.165) is 18.7 Å². The Labute approximate surface area is 171 Å². The maximum atomic E-state index is 12.7. The lowest BCUT2D eigenvalue weighted by Gasteiger charge is -2.27. The zero-order valence-corrected chi connectivity index (χ0v) is 16.7. The second-order valence-electron chi connectivity index (χ2n) is 6.95. The lowest BCUT2D eigenvalue weighted by Crippen LogP contribution is -2.38. The number of halogens is 1. The van der Waals surface area contributed by atoms with Crippen LogP contribution in [-0.4, -0.2) is 28.8 Å². The highest BCUT2D eigenvalue weighted by molar-refractivity contribution is 5.95. The molecule has 0 saturated carbocycles. The number of nitrogens with zero attached hydrogens (tertiary/aromatic N) is 2. The Hall–Kier alpha value is -2.63. The van der Waals surface area contributed by atoms with Crippen LogP contribution < -0.4 is 10.6 Å². The normalized spacial score (nSPS) is 15.4. The van der Waals surface area contributed by atoms with E-state index in [4.69, 9.17) is 0 Å². The van der Waals surface area contributed by atoms with E-state index in [2.05, 4.69) is 52.1 Å². The summed E-state index contributed by atoms with van der Waals surface area (Å²) in [5.74, 6) is -0.0725. The van der Waals surface area contributed by atoms with Crippen molar-refractivity contribution in [2.45, 2.75) is 25.9 Å². The van der Waals surface area contributed by atoms with Gasteiger partial charge in [-0.05, 0) is 36.6 Å². The van der Waals surface area contributed by atoms with Gasteiger partial charge in [0.15, 0.2) is 0 Å². The number of hydrogen-bond acceptors (Lipinski definition) is 3. The van der Waals surface area contributed by atoms with Crippen LogP contribution in [0.1, 0.15) is 38.8 Å². The summed E-state index contributed by atoms with van der Waals surface area (Å²) in [6.07, 6.45) is 2.70. The van der Waals surface area contributed by atoms with Crippen molar-refractivity contribution in [1.82, 2.24) is 20.4 Å². The summed E-state index contributed by atoms with van der Waals surface area (Å²) in [7, 11) is 0. The second kappa shape index (κ2) is 9.04. The van der Waals surface area contributed by atoms with Crippen molar-refractivity contribution in [3.05, 3.63) is 88.7 Å². The van der Waals surface area contributed by atoms with Crippen molar-refractivity contribution in [3.8, 4) is 0 Å². The Morgan fingerprint density at radius 1 is 1.18 bits per heavy atom. The van der Waals surface area contributed by atoms with Gasteiger partial charge in [0.25, 0.3) is 5.91 Å². The zero-order chi connectivity index (χ0) is 18.6. The third-order valence-corrected chi connectivity index (χ3v) is 5.21. The monoisotopic (exact) mass is 396 g/mol. The minimum atomic E-state index is -0.0725. The first-order valence-corrected chi connectivity index (χ1v) is 9.38. The number of fused-ring (bicyclic) bond motifs is 1. The SMILES string of the molecule is Cc1c(C(=O)NCC2NCCc3ccccc32)cnn1Cc1ccccc1.Cl. The van der Waals surface area contributed by atoms with Crippen molar-refractivity contribution in [2.24, 2.45) is 0 Å². The minimum Gasteiger partial charge on any atom is -0.350 e. The fraction of sp³-hybridized carbons (Fsp3) is 0.273. The molecular formula is C22H25ClN4O. The maximum Gasteiger partial charge on any atom is 0.254 e. The smallest absolute Gasteiger partial charge is 0.254 e. The van der Waals surface area contributed by atoms with Crippen LogP contribution in [0.15, 0.2) is 60.8 Å². The number of amides is 1. The van der Waals surface area contributed by atoms with Crippen LogP contribution in [0.3, 0.4) is 0 Å². The molecule has 1 aliphatic rings. The van der Waals surface area contributed by atoms with E-state index in [-0.39, 0.29) is 24.4 Å². The predicted molar refractivity (Wildman–Crippen MR) is 113 cm³/mol. The molecule has 1 unspecified atom stereocenters. The van der Waals surface area contributed by atoms with Gasteiger partial charge in [0, 0.05) is 18.3 Å². The molecule has 1 aromatic heterocycles. The summed E-state index contributed by atoms with van der Waals surface area (Å²) < 4.78 is 1.87. The van der Waals surface area contributed by atoms with Gasteiger partial charge in [-0.15, -0.1) is 12.4 Å². The molecule has 4 rings (SSSR count). The second-order valence-corrected chi connectivity index (χ2v) is 6.95. The molecule has 146 valence electrons. The van der Waals surface area contributed by atoms with E-state index in [1.165, 1.54) is 16.7 Å². The summed E-state index contributed by atoms with van der Waals surface area (Å²) >= 11 is 0. The molecular weight excluding hydrogens is 372 g/mol. The number of benzene rings is 2. The number of carbonyl (C=O) groups is 1. The summed E-state index contributed by atoms with van der Waals surface area (Å²) in [5.41, 5.74) is 5.32. The van der Waals surface area contributed by atoms with Crippen molar-refractivity contribution < 1.29 is 4.79 Å². The molecule has 28 heavy (non-hydrogen) atoms. The van der Waals surface area contributed by atoms with Gasteiger partial charge >= 0.3 is 0 Å². The molecule has 0 fully saturated rings. The quantitative estimate of drug-likeness (QED) is 0.695. The van der Waals surface area contributed by atoms with Crippen molar-refractivity contribution in [3.63, 3.8) is 0 Å². The summed E-state index contributed by atoms with van der Waals surface area (Å²) in [5, 5.41) is 11.0. The zero-order valence-electron chi connectivity index (χ0n) is 15.9. The molecule has 3 aromatic rings. The molecule has 0 saturated heterocycles. The minimum absolute atomic E-state index is 0. The number of carbonyl (C=O) groups excluding carboxylic acids is 1. The molecule has 2 heterocycles. The van der Waals surface area contributed by atoms with Crippen LogP contribution in [0.4, 0.5) is 0 Å². The van der Waals surface area contributed by atoms with Gasteiger partial charge in [-0.3, -0.25) is 9.48 Å². The molecule has 0 spiro atoms. The van der Waals surface area contributed by atoms with Gasteiger partial charge in [0.1, 0.15) is 0 Å². The maximum absolute atomic E-state index is 12.7. The van der Waals surface area contributed by atoms with Crippen molar-refractivity contribution in [2.75, 3.05) is 13.1 Å². The highest BCUT2D eigenvalue weighted by Crippen LogP contribution is 2.22. The molecule has 0 aliphatic carbocycles. The van der Waals surface area contributed by atoms with Crippen LogP contribution in [0, 0.1) is 6.92 Å². The van der Waals surface area contributed by atoms with E-state index in [1.807, 2.05) is 29.8 Å². The third-order valence-electron chi connectivity index (χ3n) is 5.21. The van der Waals surface area contributed by atoms with Gasteiger partial charge in [0.05, 0.1) is 18.3 Å². The molecule has 2 N–H and O–H groups in total. The first kappa shape index (κ1) is 20.1. The van der Waals surface area contributed by atoms with Crippen LogP contribution in [0.25, 0.3) is 0 Å². The molecule has 0 bridgehead atoms. The van der Waals surface area contributed by atoms with Gasteiger partial charge in [0.2, 0.25) is 0 Å². The predicted octanol–water partition coefficient (Wildman–Crippen LogP) is 3.28. The molecule has 6 heteroatoms. The van der Waals surface area contributed by atoms with Gasteiger partial charge in [-0.1, -0.05) is 54.6 Å². The average molecular weight is 397 g/mol. The fourth-order valence-corrected chi connectivity index (χ4v) is 3.65. The summed E-state index contributed by atoms with van der Waals surface area (Å²) in [6, 6.07) is 18.7. The van der Waals surface area contributed by atoms with E-state index in [9.17, 15) is 4.79 Å². The first-order valence-electron chi connectivity index (χ1n) is 9.38. The van der Waals surface area contributed by atoms with Crippen LogP contribution in [0.5, 0.6) is 0 Å². The molecule has 5 nitrogen and oxygen atoms in total. The Morgan fingerprint density at radius 2 is 1.93 bits per heavy atom. The summed E-state index contributed by atoms with van der Waals surface area (Å²) in [4.78, 5) is 12.7. The Kier molecular flexibility index (Phi) is 6.49. The summed E-state index contributed by atoms with van der Waals surface area (Å²) in [6.45, 7) is 4.11. The lowest BCUT2D eigenvalue weighted by molar-refractivity contribution is 0.0948. The van der Waals surface area contributed by atoms with E-state index >= 15 is 0 Å². The van der Waals surface area contributed by atoms with Gasteiger partial charge in [-0.25, -0.2) is 0 Å². The number of hydrogen-bond donors (Lipinski definition) is 2. The van der Waals surface area contributed by atoms with Crippen molar-refractivity contribution in [1.29, 1.82) is 0 Å². The Bertz CT molecular complexity index is 939. The van der Waals surface area contributed by atoms with E-state index in [1.54, 1.807) is 6.20 Å². The topological polar surface area (TPSA) is 59.0 Å². The van der Waals surface area contributed by atoms with Crippen LogP contribution in [0.2, 0.25) is 0 Å². The number of rotatable bonds is 5. The molecule has 1 amide bonds. The first-order chi connectivity index (χ1) is 13.2. The van der Waals surface area contributed by atoms with Crippen LogP contribution >= 0.6 is 12.4 Å². The standard InChI is InChI=1S/C22H24N4O.ClH/c1-16-20(13-25-26(16)15-17-7-3-2-4-8-17)22(27)24-14-21-19-10-6-5-9-18(19)11-12-23-21;/h2-10,13,21,23H,11-12,14-15H2,1H3,(H,24,27);1H. The average Bonchev–Trinajstić information content (AvgIpc) is 3.07. The molecule has 1 aliphatic heterocycles.